The fourth-order valence-electron chi connectivity index (χ4n) is 2.88. The van der Waals surface area contributed by atoms with E-state index in [1.807, 2.05) is 0 Å². The van der Waals surface area contributed by atoms with Crippen molar-refractivity contribution in [3.8, 4) is 11.8 Å². The largest absolute Gasteiger partial charge is 0.481 e. The lowest BCUT2D eigenvalue weighted by molar-refractivity contribution is -0.137. The highest BCUT2D eigenvalue weighted by Gasteiger charge is 2.20. The molecule has 1 N–H and O–H groups in total. The molecule has 1 unspecified atom stereocenters. The van der Waals surface area contributed by atoms with Gasteiger partial charge >= 0.3 is 5.97 Å². The second-order valence-corrected chi connectivity index (χ2v) is 6.86. The Morgan fingerprint density at radius 3 is 2.50 bits per heavy atom. The van der Waals surface area contributed by atoms with E-state index < -0.39 is 5.97 Å². The van der Waals surface area contributed by atoms with Crippen LogP contribution in [0.15, 0.2) is 0 Å². The van der Waals surface area contributed by atoms with Crippen LogP contribution in [0.5, 0.6) is 0 Å². The first-order valence-corrected chi connectivity index (χ1v) is 9.42. The zero-order valence-electron chi connectivity index (χ0n) is 14.4. The lowest BCUT2D eigenvalue weighted by atomic mass is 9.97. The van der Waals surface area contributed by atoms with Crippen LogP contribution in [0.4, 0.5) is 0 Å². The SMILES string of the molecule is CCCCCCCCC#CC(CCCCC1CC1)CC(=O)O. The minimum atomic E-state index is -0.707. The summed E-state index contributed by atoms with van der Waals surface area (Å²) in [5.74, 6) is 6.80. The lowest BCUT2D eigenvalue weighted by Gasteiger charge is -2.07. The highest BCUT2D eigenvalue weighted by atomic mass is 16.4. The molecule has 2 nitrogen and oxygen atoms in total. The summed E-state index contributed by atoms with van der Waals surface area (Å²) < 4.78 is 0. The van der Waals surface area contributed by atoms with E-state index in [0.29, 0.717) is 0 Å². The number of carboxylic acid groups (broad SMARTS) is 1. The normalized spacial score (nSPS) is 15.1. The van der Waals surface area contributed by atoms with Gasteiger partial charge in [0.05, 0.1) is 6.42 Å². The fourth-order valence-corrected chi connectivity index (χ4v) is 2.88. The summed E-state index contributed by atoms with van der Waals surface area (Å²) in [5, 5.41) is 8.99. The molecule has 0 aromatic heterocycles. The molecule has 0 bridgehead atoms. The van der Waals surface area contributed by atoms with Crippen molar-refractivity contribution < 1.29 is 9.90 Å². The second-order valence-electron chi connectivity index (χ2n) is 6.86. The molecule has 22 heavy (non-hydrogen) atoms. The summed E-state index contributed by atoms with van der Waals surface area (Å²) in [5.41, 5.74) is 0. The van der Waals surface area contributed by atoms with Crippen molar-refractivity contribution in [1.29, 1.82) is 0 Å². The molecule has 2 heteroatoms. The summed E-state index contributed by atoms with van der Waals surface area (Å²) >= 11 is 0. The molecule has 1 aliphatic carbocycles. The Labute approximate surface area is 137 Å². The van der Waals surface area contributed by atoms with E-state index in [1.54, 1.807) is 0 Å². The minimum absolute atomic E-state index is 0.0665. The molecule has 0 amide bonds. The van der Waals surface area contributed by atoms with E-state index in [-0.39, 0.29) is 12.3 Å². The van der Waals surface area contributed by atoms with Gasteiger partial charge in [0.1, 0.15) is 0 Å². The van der Waals surface area contributed by atoms with Crippen LogP contribution in [-0.2, 0) is 4.79 Å². The number of aliphatic carboxylic acids is 1. The predicted octanol–water partition coefficient (Wildman–Crippen LogP) is 5.80. The van der Waals surface area contributed by atoms with Crippen LogP contribution >= 0.6 is 0 Å². The number of carboxylic acids is 1. The fraction of sp³-hybridized carbons (Fsp3) is 0.850. The van der Waals surface area contributed by atoms with Crippen molar-refractivity contribution in [2.75, 3.05) is 0 Å². The third-order valence-electron chi connectivity index (χ3n) is 4.49. The third kappa shape index (κ3) is 11.7. The first kappa shape index (κ1) is 19.1. The van der Waals surface area contributed by atoms with Crippen LogP contribution in [0.25, 0.3) is 0 Å². The van der Waals surface area contributed by atoms with E-state index in [9.17, 15) is 4.79 Å². The number of hydrogen-bond acceptors (Lipinski definition) is 1. The van der Waals surface area contributed by atoms with E-state index in [0.717, 1.165) is 31.6 Å². The molecule has 0 saturated heterocycles. The second kappa shape index (κ2) is 12.6. The van der Waals surface area contributed by atoms with Crippen LogP contribution in [0, 0.1) is 23.7 Å². The Bertz CT molecular complexity index is 346. The molecule has 1 atom stereocenters. The van der Waals surface area contributed by atoms with Gasteiger partial charge in [0, 0.05) is 12.3 Å². The molecule has 126 valence electrons. The number of unbranched alkanes of at least 4 members (excludes halogenated alkanes) is 7. The zero-order valence-corrected chi connectivity index (χ0v) is 14.4. The van der Waals surface area contributed by atoms with Gasteiger partial charge in [-0.2, -0.15) is 0 Å². The smallest absolute Gasteiger partial charge is 0.304 e. The molecule has 1 aliphatic rings. The van der Waals surface area contributed by atoms with Gasteiger partial charge in [0.2, 0.25) is 0 Å². The van der Waals surface area contributed by atoms with Gasteiger partial charge in [0.15, 0.2) is 0 Å². The topological polar surface area (TPSA) is 37.3 Å². The van der Waals surface area contributed by atoms with Crippen LogP contribution in [0.3, 0.4) is 0 Å². The van der Waals surface area contributed by atoms with Crippen LogP contribution in [-0.4, -0.2) is 11.1 Å². The summed E-state index contributed by atoms with van der Waals surface area (Å²) in [6.45, 7) is 2.23. The van der Waals surface area contributed by atoms with Crippen LogP contribution in [0.1, 0.15) is 96.8 Å². The molecule has 1 fully saturated rings. The molecule has 0 aromatic rings. The molecule has 0 radical (unpaired) electrons. The quantitative estimate of drug-likeness (QED) is 0.345. The molecule has 0 spiro atoms. The maximum atomic E-state index is 10.9. The van der Waals surface area contributed by atoms with Crippen LogP contribution < -0.4 is 0 Å². The van der Waals surface area contributed by atoms with Crippen molar-refractivity contribution in [2.45, 2.75) is 96.8 Å². The van der Waals surface area contributed by atoms with Crippen LogP contribution in [0.2, 0.25) is 0 Å². The number of hydrogen-bond donors (Lipinski definition) is 1. The molecular formula is C20H34O2. The monoisotopic (exact) mass is 306 g/mol. The van der Waals surface area contributed by atoms with Gasteiger partial charge in [0.25, 0.3) is 0 Å². The number of rotatable bonds is 13. The van der Waals surface area contributed by atoms with Gasteiger partial charge in [-0.05, 0) is 18.8 Å². The Balaban J connectivity index is 2.10. The van der Waals surface area contributed by atoms with Crippen molar-refractivity contribution >= 4 is 5.97 Å². The molecule has 1 saturated carbocycles. The van der Waals surface area contributed by atoms with E-state index in [1.165, 1.54) is 57.8 Å². The van der Waals surface area contributed by atoms with Gasteiger partial charge < -0.3 is 5.11 Å². The van der Waals surface area contributed by atoms with Gasteiger partial charge in [-0.3, -0.25) is 4.79 Å². The van der Waals surface area contributed by atoms with Gasteiger partial charge in [-0.1, -0.05) is 77.1 Å². The van der Waals surface area contributed by atoms with Crippen molar-refractivity contribution in [1.82, 2.24) is 0 Å². The van der Waals surface area contributed by atoms with E-state index in [2.05, 4.69) is 18.8 Å². The van der Waals surface area contributed by atoms with Crippen molar-refractivity contribution in [3.63, 3.8) is 0 Å². The van der Waals surface area contributed by atoms with E-state index >= 15 is 0 Å². The van der Waals surface area contributed by atoms with Crippen molar-refractivity contribution in [2.24, 2.45) is 11.8 Å². The molecular weight excluding hydrogens is 272 g/mol. The van der Waals surface area contributed by atoms with Crippen molar-refractivity contribution in [3.05, 3.63) is 0 Å². The lowest BCUT2D eigenvalue weighted by Crippen LogP contribution is -2.06. The number of carbonyl (C=O) groups is 1. The minimum Gasteiger partial charge on any atom is -0.481 e. The maximum absolute atomic E-state index is 10.9. The third-order valence-corrected chi connectivity index (χ3v) is 4.49. The average molecular weight is 306 g/mol. The summed E-state index contributed by atoms with van der Waals surface area (Å²) in [6, 6.07) is 0. The predicted molar refractivity (Wildman–Crippen MR) is 92.7 cm³/mol. The summed E-state index contributed by atoms with van der Waals surface area (Å²) in [7, 11) is 0. The molecule has 0 heterocycles. The molecule has 1 rings (SSSR count). The van der Waals surface area contributed by atoms with Gasteiger partial charge in [-0.15, -0.1) is 5.92 Å². The van der Waals surface area contributed by atoms with Gasteiger partial charge in [-0.25, -0.2) is 0 Å². The Hall–Kier alpha value is -0.970. The summed E-state index contributed by atoms with van der Waals surface area (Å²) in [4.78, 5) is 10.9. The first-order valence-electron chi connectivity index (χ1n) is 9.42. The highest BCUT2D eigenvalue weighted by Crippen LogP contribution is 2.34. The molecule has 0 aromatic carbocycles. The Morgan fingerprint density at radius 1 is 1.09 bits per heavy atom. The average Bonchev–Trinajstić information content (AvgIpc) is 3.29. The highest BCUT2D eigenvalue weighted by molar-refractivity contribution is 5.67. The maximum Gasteiger partial charge on any atom is 0.304 e. The standard InChI is InChI=1S/C20H34O2/c1-2-3-4-5-6-7-8-9-13-19(17-20(21)22)14-11-10-12-18-15-16-18/h18-19H,2-8,10-12,14-17H2,1H3,(H,21,22). The first-order chi connectivity index (χ1) is 10.7. The Morgan fingerprint density at radius 2 is 1.82 bits per heavy atom. The zero-order chi connectivity index (χ0) is 16.0. The summed E-state index contributed by atoms with van der Waals surface area (Å²) in [6.07, 6.45) is 16.4. The molecule has 0 aliphatic heterocycles. The van der Waals surface area contributed by atoms with E-state index in [4.69, 9.17) is 5.11 Å². The Kier molecular flexibility index (Phi) is 10.9.